The average molecular weight is 277 g/mol. The zero-order valence-electron chi connectivity index (χ0n) is 10.4. The smallest absolute Gasteiger partial charge is 0.156 e. The van der Waals surface area contributed by atoms with Crippen molar-refractivity contribution in [2.45, 2.75) is 6.92 Å². The lowest BCUT2D eigenvalue weighted by Crippen LogP contribution is -1.94. The summed E-state index contributed by atoms with van der Waals surface area (Å²) in [4.78, 5) is 11.0. The van der Waals surface area contributed by atoms with Gasteiger partial charge in [0.05, 0.1) is 17.2 Å². The Morgan fingerprint density at radius 2 is 1.89 bits per heavy atom. The summed E-state index contributed by atoms with van der Waals surface area (Å²) in [5.41, 5.74) is 0.411. The molecule has 0 bridgehead atoms. The van der Waals surface area contributed by atoms with E-state index in [1.807, 2.05) is 19.1 Å². The molecule has 4 heteroatoms. The molecule has 0 aliphatic heterocycles. The van der Waals surface area contributed by atoms with Gasteiger partial charge in [0.25, 0.3) is 0 Å². The topological polar surface area (TPSA) is 35.5 Å². The zero-order valence-corrected chi connectivity index (χ0v) is 11.2. The molecule has 0 saturated heterocycles. The Bertz CT molecular complexity index is 581. The van der Waals surface area contributed by atoms with E-state index < -0.39 is 0 Å². The number of benzene rings is 2. The molecule has 0 aliphatic rings. The van der Waals surface area contributed by atoms with Crippen LogP contribution in [0.3, 0.4) is 0 Å². The van der Waals surface area contributed by atoms with Gasteiger partial charge < -0.3 is 9.47 Å². The molecule has 2 aromatic carbocycles. The molecular weight excluding hydrogens is 264 g/mol. The average Bonchev–Trinajstić information content (AvgIpc) is 2.42. The molecule has 98 valence electrons. The Hall–Kier alpha value is -2.00. The standard InChI is InChI=1S/C15H13ClO3/c1-2-18-12-6-4-7-13(9-12)19-15-11(10-17)5-3-8-14(15)16/h3-10H,2H2,1H3. The fraction of sp³-hybridized carbons (Fsp3) is 0.133. The number of ether oxygens (including phenoxy) is 2. The van der Waals surface area contributed by atoms with E-state index in [0.717, 1.165) is 0 Å². The molecule has 0 radical (unpaired) electrons. The van der Waals surface area contributed by atoms with Gasteiger partial charge in [0.1, 0.15) is 11.5 Å². The fourth-order valence-electron chi connectivity index (χ4n) is 1.64. The van der Waals surface area contributed by atoms with Crippen LogP contribution in [0.2, 0.25) is 5.02 Å². The van der Waals surface area contributed by atoms with E-state index in [2.05, 4.69) is 0 Å². The van der Waals surface area contributed by atoms with Gasteiger partial charge in [0.15, 0.2) is 12.0 Å². The molecular formula is C15H13ClO3. The second-order valence-electron chi connectivity index (χ2n) is 3.79. The summed E-state index contributed by atoms with van der Waals surface area (Å²) in [6, 6.07) is 12.2. The number of para-hydroxylation sites is 1. The van der Waals surface area contributed by atoms with Crippen molar-refractivity contribution in [3.63, 3.8) is 0 Å². The summed E-state index contributed by atoms with van der Waals surface area (Å²) in [7, 11) is 0. The van der Waals surface area contributed by atoms with E-state index in [9.17, 15) is 4.79 Å². The number of halogens is 1. The van der Waals surface area contributed by atoms with Gasteiger partial charge in [0.2, 0.25) is 0 Å². The largest absolute Gasteiger partial charge is 0.494 e. The number of carbonyl (C=O) groups is 1. The van der Waals surface area contributed by atoms with Crippen molar-refractivity contribution in [1.82, 2.24) is 0 Å². The summed E-state index contributed by atoms with van der Waals surface area (Å²) < 4.78 is 11.1. The highest BCUT2D eigenvalue weighted by Gasteiger charge is 2.09. The molecule has 0 saturated carbocycles. The predicted octanol–water partition coefficient (Wildman–Crippen LogP) is 4.34. The van der Waals surface area contributed by atoms with E-state index in [0.29, 0.717) is 40.7 Å². The van der Waals surface area contributed by atoms with Gasteiger partial charge in [-0.15, -0.1) is 0 Å². The molecule has 0 aromatic heterocycles. The van der Waals surface area contributed by atoms with Crippen molar-refractivity contribution in [3.8, 4) is 17.2 Å². The number of hydrogen-bond acceptors (Lipinski definition) is 3. The molecule has 3 nitrogen and oxygen atoms in total. The Morgan fingerprint density at radius 3 is 2.63 bits per heavy atom. The monoisotopic (exact) mass is 276 g/mol. The number of carbonyl (C=O) groups excluding carboxylic acids is 1. The first-order chi connectivity index (χ1) is 9.24. The first kappa shape index (κ1) is 13.4. The molecule has 0 heterocycles. The van der Waals surface area contributed by atoms with E-state index in [-0.39, 0.29) is 0 Å². The Labute approximate surface area is 116 Å². The van der Waals surface area contributed by atoms with Crippen molar-refractivity contribution in [2.24, 2.45) is 0 Å². The summed E-state index contributed by atoms with van der Waals surface area (Å²) >= 11 is 6.04. The van der Waals surface area contributed by atoms with Crippen LogP contribution in [0.25, 0.3) is 0 Å². The Morgan fingerprint density at radius 1 is 1.16 bits per heavy atom. The molecule has 2 aromatic rings. The number of aldehydes is 1. The zero-order chi connectivity index (χ0) is 13.7. The summed E-state index contributed by atoms with van der Waals surface area (Å²) in [6.45, 7) is 2.49. The fourth-order valence-corrected chi connectivity index (χ4v) is 1.86. The van der Waals surface area contributed by atoms with Gasteiger partial charge in [-0.1, -0.05) is 23.7 Å². The van der Waals surface area contributed by atoms with E-state index in [1.54, 1.807) is 30.3 Å². The minimum Gasteiger partial charge on any atom is -0.494 e. The van der Waals surface area contributed by atoms with Crippen LogP contribution in [0, 0.1) is 0 Å². The number of hydrogen-bond donors (Lipinski definition) is 0. The normalized spacial score (nSPS) is 10.0. The molecule has 0 amide bonds. The maximum atomic E-state index is 11.0. The Kier molecular flexibility index (Phi) is 4.42. The molecule has 0 unspecified atom stereocenters. The SMILES string of the molecule is CCOc1cccc(Oc2c(Cl)cccc2C=O)c1. The van der Waals surface area contributed by atoms with Crippen molar-refractivity contribution >= 4 is 17.9 Å². The molecule has 0 spiro atoms. The second kappa shape index (κ2) is 6.25. The van der Waals surface area contributed by atoms with Crippen LogP contribution in [0.4, 0.5) is 0 Å². The molecule has 0 aliphatic carbocycles. The van der Waals surface area contributed by atoms with Gasteiger partial charge in [-0.05, 0) is 31.2 Å². The molecule has 19 heavy (non-hydrogen) atoms. The molecule has 2 rings (SSSR count). The van der Waals surface area contributed by atoms with Crippen molar-refractivity contribution < 1.29 is 14.3 Å². The lowest BCUT2D eigenvalue weighted by molar-refractivity contribution is 0.112. The summed E-state index contributed by atoms with van der Waals surface area (Å²) in [5.74, 6) is 1.63. The highest BCUT2D eigenvalue weighted by Crippen LogP contribution is 2.33. The lowest BCUT2D eigenvalue weighted by atomic mass is 10.2. The van der Waals surface area contributed by atoms with Gasteiger partial charge in [0, 0.05) is 6.07 Å². The third-order valence-electron chi connectivity index (χ3n) is 2.46. The predicted molar refractivity (Wildman–Crippen MR) is 74.5 cm³/mol. The quantitative estimate of drug-likeness (QED) is 0.762. The maximum absolute atomic E-state index is 11.0. The molecule has 0 atom stereocenters. The van der Waals surface area contributed by atoms with Crippen molar-refractivity contribution in [2.75, 3.05) is 6.61 Å². The van der Waals surface area contributed by atoms with Crippen LogP contribution < -0.4 is 9.47 Å². The first-order valence-electron chi connectivity index (χ1n) is 5.89. The van der Waals surface area contributed by atoms with Crippen LogP contribution in [0.1, 0.15) is 17.3 Å². The third-order valence-corrected chi connectivity index (χ3v) is 2.76. The maximum Gasteiger partial charge on any atom is 0.156 e. The third kappa shape index (κ3) is 3.26. The highest BCUT2D eigenvalue weighted by atomic mass is 35.5. The van der Waals surface area contributed by atoms with Crippen LogP contribution in [-0.2, 0) is 0 Å². The summed E-state index contributed by atoms with van der Waals surface area (Å²) in [6.07, 6.45) is 0.716. The van der Waals surface area contributed by atoms with Crippen molar-refractivity contribution in [3.05, 3.63) is 53.1 Å². The van der Waals surface area contributed by atoms with Gasteiger partial charge >= 0.3 is 0 Å². The van der Waals surface area contributed by atoms with Gasteiger partial charge in [-0.25, -0.2) is 0 Å². The van der Waals surface area contributed by atoms with Crippen molar-refractivity contribution in [1.29, 1.82) is 0 Å². The summed E-state index contributed by atoms with van der Waals surface area (Å²) in [5, 5.41) is 0.395. The van der Waals surface area contributed by atoms with Crippen LogP contribution >= 0.6 is 11.6 Å². The van der Waals surface area contributed by atoms with E-state index >= 15 is 0 Å². The molecule has 0 N–H and O–H groups in total. The van der Waals surface area contributed by atoms with Crippen LogP contribution in [-0.4, -0.2) is 12.9 Å². The van der Waals surface area contributed by atoms with Gasteiger partial charge in [-0.3, -0.25) is 4.79 Å². The van der Waals surface area contributed by atoms with E-state index in [1.165, 1.54) is 0 Å². The lowest BCUT2D eigenvalue weighted by Gasteiger charge is -2.11. The minimum atomic E-state index is 0.354. The van der Waals surface area contributed by atoms with E-state index in [4.69, 9.17) is 21.1 Å². The van der Waals surface area contributed by atoms with Gasteiger partial charge in [-0.2, -0.15) is 0 Å². The minimum absolute atomic E-state index is 0.354. The Balaban J connectivity index is 2.30. The highest BCUT2D eigenvalue weighted by molar-refractivity contribution is 6.32. The van der Waals surface area contributed by atoms with Crippen LogP contribution in [0.15, 0.2) is 42.5 Å². The van der Waals surface area contributed by atoms with Crippen LogP contribution in [0.5, 0.6) is 17.2 Å². The molecule has 0 fully saturated rings. The first-order valence-corrected chi connectivity index (χ1v) is 6.26. The second-order valence-corrected chi connectivity index (χ2v) is 4.19. The number of rotatable bonds is 5.